The maximum absolute atomic E-state index is 5.75. The zero-order valence-corrected chi connectivity index (χ0v) is 7.31. The summed E-state index contributed by atoms with van der Waals surface area (Å²) in [6.07, 6.45) is 5.87. The van der Waals surface area contributed by atoms with Crippen LogP contribution >= 0.6 is 0 Å². The maximum Gasteiger partial charge on any atom is 0.0135 e. The van der Waals surface area contributed by atoms with E-state index in [0.29, 0.717) is 0 Å². The fourth-order valence-corrected chi connectivity index (χ4v) is 0.450. The number of rotatable bonds is 1. The van der Waals surface area contributed by atoms with Gasteiger partial charge in [-0.3, -0.25) is 0 Å². The van der Waals surface area contributed by atoms with E-state index in [2.05, 4.69) is 20.8 Å². The normalized spacial score (nSPS) is 14.6. The van der Waals surface area contributed by atoms with Crippen molar-refractivity contribution in [1.29, 1.82) is 0 Å². The van der Waals surface area contributed by atoms with Crippen molar-refractivity contribution in [1.82, 2.24) is 0 Å². The van der Waals surface area contributed by atoms with Crippen molar-refractivity contribution in [2.24, 2.45) is 11.1 Å². The van der Waals surface area contributed by atoms with Crippen molar-refractivity contribution in [3.05, 3.63) is 23.9 Å². The van der Waals surface area contributed by atoms with Gasteiger partial charge in [-0.1, -0.05) is 32.9 Å². The Hall–Kier alpha value is -0.720. The lowest BCUT2D eigenvalue weighted by Gasteiger charge is -2.17. The monoisotopic (exact) mass is 139 g/mol. The molecule has 0 heterocycles. The Labute approximate surface area is 63.6 Å². The smallest absolute Gasteiger partial charge is 0.0135 e. The third kappa shape index (κ3) is 3.33. The molecule has 0 aliphatic rings. The van der Waals surface area contributed by atoms with Crippen LogP contribution in [0.25, 0.3) is 0 Å². The van der Waals surface area contributed by atoms with Gasteiger partial charge in [0, 0.05) is 11.1 Å². The van der Waals surface area contributed by atoms with Crippen LogP contribution in [-0.4, -0.2) is 0 Å². The summed E-state index contributed by atoms with van der Waals surface area (Å²) in [5, 5.41) is 0. The van der Waals surface area contributed by atoms with Crippen LogP contribution in [0.15, 0.2) is 23.9 Å². The molecule has 0 fully saturated rings. The van der Waals surface area contributed by atoms with E-state index < -0.39 is 0 Å². The van der Waals surface area contributed by atoms with Crippen LogP contribution in [0.4, 0.5) is 0 Å². The summed E-state index contributed by atoms with van der Waals surface area (Å²) in [4.78, 5) is 0. The molecule has 0 saturated heterocycles. The van der Waals surface area contributed by atoms with Gasteiger partial charge in [0.25, 0.3) is 0 Å². The predicted molar refractivity (Wildman–Crippen MR) is 46.5 cm³/mol. The van der Waals surface area contributed by atoms with E-state index in [0.717, 1.165) is 5.70 Å². The maximum atomic E-state index is 5.75. The minimum atomic E-state index is 0.0967. The van der Waals surface area contributed by atoms with E-state index in [1.807, 2.05) is 25.2 Å². The first kappa shape index (κ1) is 9.28. The number of hydrogen-bond acceptors (Lipinski definition) is 1. The standard InChI is InChI=1S/C9H17N/c1-5-6-7-8(10)9(2,3)4/h5-7H,10H2,1-4H3/b6-5+,8-7-. The topological polar surface area (TPSA) is 26.0 Å². The Balaban J connectivity index is 4.20. The molecule has 1 nitrogen and oxygen atoms in total. The summed E-state index contributed by atoms with van der Waals surface area (Å²) in [6, 6.07) is 0. The molecule has 1 heteroatoms. The molecule has 0 aliphatic heterocycles. The van der Waals surface area contributed by atoms with E-state index >= 15 is 0 Å². The minimum Gasteiger partial charge on any atom is -0.402 e. The molecular formula is C9H17N. The fraction of sp³-hybridized carbons (Fsp3) is 0.556. The zero-order chi connectivity index (χ0) is 8.20. The van der Waals surface area contributed by atoms with Crippen molar-refractivity contribution in [3.8, 4) is 0 Å². The van der Waals surface area contributed by atoms with Crippen LogP contribution in [0.5, 0.6) is 0 Å². The summed E-state index contributed by atoms with van der Waals surface area (Å²) in [7, 11) is 0. The molecule has 58 valence electrons. The summed E-state index contributed by atoms with van der Waals surface area (Å²) >= 11 is 0. The van der Waals surface area contributed by atoms with Gasteiger partial charge in [0.2, 0.25) is 0 Å². The molecule has 0 radical (unpaired) electrons. The van der Waals surface area contributed by atoms with Crippen molar-refractivity contribution in [3.63, 3.8) is 0 Å². The van der Waals surface area contributed by atoms with E-state index in [9.17, 15) is 0 Å². The highest BCUT2D eigenvalue weighted by molar-refractivity contribution is 5.14. The highest BCUT2D eigenvalue weighted by Crippen LogP contribution is 2.19. The molecule has 0 atom stereocenters. The molecule has 2 N–H and O–H groups in total. The van der Waals surface area contributed by atoms with E-state index in [4.69, 9.17) is 5.73 Å². The molecule has 0 bridgehead atoms. The second kappa shape index (κ2) is 3.45. The molecule has 0 aromatic heterocycles. The number of hydrogen-bond donors (Lipinski definition) is 1. The van der Waals surface area contributed by atoms with Crippen molar-refractivity contribution >= 4 is 0 Å². The lowest BCUT2D eigenvalue weighted by atomic mass is 9.92. The van der Waals surface area contributed by atoms with Gasteiger partial charge in [-0.05, 0) is 13.0 Å². The highest BCUT2D eigenvalue weighted by Gasteiger charge is 2.11. The van der Waals surface area contributed by atoms with Crippen LogP contribution in [0.3, 0.4) is 0 Å². The first-order chi connectivity index (χ1) is 4.48. The molecular weight excluding hydrogens is 122 g/mol. The molecule has 0 saturated carbocycles. The molecule has 0 aromatic carbocycles. The first-order valence-corrected chi connectivity index (χ1v) is 3.57. The van der Waals surface area contributed by atoms with Crippen LogP contribution in [0.1, 0.15) is 27.7 Å². The van der Waals surface area contributed by atoms with E-state index in [1.54, 1.807) is 0 Å². The second-order valence-electron chi connectivity index (χ2n) is 3.40. The SMILES string of the molecule is C/C=C/C=C(\N)C(C)(C)C. The Bertz CT molecular complexity index is 147. The summed E-state index contributed by atoms with van der Waals surface area (Å²) < 4.78 is 0. The third-order valence-electron chi connectivity index (χ3n) is 1.33. The lowest BCUT2D eigenvalue weighted by molar-refractivity contribution is 0.497. The first-order valence-electron chi connectivity index (χ1n) is 3.57. The van der Waals surface area contributed by atoms with Crippen LogP contribution in [0.2, 0.25) is 0 Å². The lowest BCUT2D eigenvalue weighted by Crippen LogP contribution is -2.16. The molecule has 0 rings (SSSR count). The summed E-state index contributed by atoms with van der Waals surface area (Å²) in [5.41, 5.74) is 6.77. The van der Waals surface area contributed by atoms with Crippen LogP contribution in [-0.2, 0) is 0 Å². The van der Waals surface area contributed by atoms with Crippen molar-refractivity contribution < 1.29 is 0 Å². The van der Waals surface area contributed by atoms with Crippen LogP contribution in [0, 0.1) is 5.41 Å². The Morgan fingerprint density at radius 3 is 2.10 bits per heavy atom. The largest absolute Gasteiger partial charge is 0.402 e. The Morgan fingerprint density at radius 1 is 1.30 bits per heavy atom. The molecule has 0 aliphatic carbocycles. The van der Waals surface area contributed by atoms with Gasteiger partial charge in [-0.25, -0.2) is 0 Å². The van der Waals surface area contributed by atoms with Crippen molar-refractivity contribution in [2.75, 3.05) is 0 Å². The van der Waals surface area contributed by atoms with Crippen molar-refractivity contribution in [2.45, 2.75) is 27.7 Å². The molecule has 0 unspecified atom stereocenters. The minimum absolute atomic E-state index is 0.0967. The van der Waals surface area contributed by atoms with E-state index in [-0.39, 0.29) is 5.41 Å². The zero-order valence-electron chi connectivity index (χ0n) is 7.31. The Morgan fingerprint density at radius 2 is 1.80 bits per heavy atom. The predicted octanol–water partition coefficient (Wildman–Crippen LogP) is 2.45. The van der Waals surface area contributed by atoms with Gasteiger partial charge in [0.15, 0.2) is 0 Å². The molecule has 0 amide bonds. The van der Waals surface area contributed by atoms with Gasteiger partial charge >= 0.3 is 0 Å². The van der Waals surface area contributed by atoms with Crippen LogP contribution < -0.4 is 5.73 Å². The fourth-order valence-electron chi connectivity index (χ4n) is 0.450. The summed E-state index contributed by atoms with van der Waals surface area (Å²) in [5.74, 6) is 0. The third-order valence-corrected chi connectivity index (χ3v) is 1.33. The van der Waals surface area contributed by atoms with E-state index in [1.165, 1.54) is 0 Å². The van der Waals surface area contributed by atoms with Gasteiger partial charge in [-0.2, -0.15) is 0 Å². The van der Waals surface area contributed by atoms with Gasteiger partial charge in [-0.15, -0.1) is 0 Å². The molecule has 0 aromatic rings. The number of allylic oxidation sites excluding steroid dienone is 4. The second-order valence-corrected chi connectivity index (χ2v) is 3.40. The quantitative estimate of drug-likeness (QED) is 0.555. The molecule has 10 heavy (non-hydrogen) atoms. The Kier molecular flexibility index (Phi) is 3.20. The summed E-state index contributed by atoms with van der Waals surface area (Å²) in [6.45, 7) is 8.28. The van der Waals surface area contributed by atoms with Gasteiger partial charge in [0.05, 0.1) is 0 Å². The van der Waals surface area contributed by atoms with Gasteiger partial charge in [0.1, 0.15) is 0 Å². The average molecular weight is 139 g/mol. The number of nitrogens with two attached hydrogens (primary N) is 1. The highest BCUT2D eigenvalue weighted by atomic mass is 14.6. The average Bonchev–Trinajstić information content (AvgIpc) is 1.80. The van der Waals surface area contributed by atoms with Gasteiger partial charge < -0.3 is 5.73 Å². The molecule has 0 spiro atoms.